The number of hydrogen-bond acceptors (Lipinski definition) is 6. The first-order chi connectivity index (χ1) is 13.6. The molecule has 1 aliphatic carbocycles. The van der Waals surface area contributed by atoms with Crippen LogP contribution in [0.2, 0.25) is 0 Å². The number of aryl methyl sites for hydroxylation is 2. The molecule has 0 unspecified atom stereocenters. The lowest BCUT2D eigenvalue weighted by molar-refractivity contribution is -0.121. The Morgan fingerprint density at radius 1 is 1.23 bits per heavy atom. The summed E-state index contributed by atoms with van der Waals surface area (Å²) in [5.41, 5.74) is 8.19. The molecule has 0 aliphatic heterocycles. The molecule has 1 amide bonds. The largest absolute Gasteiger partial charge is 0.354 e. The molecule has 10 heteroatoms. The Balaban J connectivity index is 0.00000160. The van der Waals surface area contributed by atoms with Crippen LogP contribution in [0, 0.1) is 0 Å². The van der Waals surface area contributed by atoms with E-state index < -0.39 is 0 Å². The summed E-state index contributed by atoms with van der Waals surface area (Å²) < 4.78 is 1.60. The first-order valence-corrected chi connectivity index (χ1v) is 10.4. The Bertz CT molecular complexity index is 952. The van der Waals surface area contributed by atoms with Gasteiger partial charge in [0.15, 0.2) is 5.82 Å². The van der Waals surface area contributed by atoms with Gasteiger partial charge in [0.05, 0.1) is 16.7 Å². The molecule has 0 saturated carbocycles. The maximum absolute atomic E-state index is 12.4. The van der Waals surface area contributed by atoms with Crippen molar-refractivity contribution in [3.8, 4) is 11.4 Å². The summed E-state index contributed by atoms with van der Waals surface area (Å²) in [5, 5.41) is 8.56. The summed E-state index contributed by atoms with van der Waals surface area (Å²) in [5.74, 6) is 1.08. The van der Waals surface area contributed by atoms with Crippen LogP contribution in [0.3, 0.4) is 0 Å². The molecule has 2 heterocycles. The van der Waals surface area contributed by atoms with E-state index in [-0.39, 0.29) is 43.3 Å². The highest BCUT2D eigenvalue weighted by atomic mass is 35.5. The second kappa shape index (κ2) is 10.9. The van der Waals surface area contributed by atoms with Gasteiger partial charge in [0, 0.05) is 23.4 Å². The lowest BCUT2D eigenvalue weighted by atomic mass is 10.2. The number of nitrogens with one attached hydrogen (secondary N) is 1. The number of aromatic nitrogens is 4. The minimum absolute atomic E-state index is 0. The van der Waals surface area contributed by atoms with Gasteiger partial charge in [-0.25, -0.2) is 14.6 Å². The summed E-state index contributed by atoms with van der Waals surface area (Å²) in [7, 11) is 0. The molecule has 0 spiro atoms. The van der Waals surface area contributed by atoms with E-state index in [1.807, 2.05) is 37.3 Å². The highest BCUT2D eigenvalue weighted by Gasteiger charge is 2.18. The molecule has 1 atom stereocenters. The quantitative estimate of drug-likeness (QED) is 0.554. The Hall–Kier alpha value is -2.00. The average molecular weight is 469 g/mol. The summed E-state index contributed by atoms with van der Waals surface area (Å²) in [6.07, 6.45) is 4.22. The molecule has 0 saturated heterocycles. The summed E-state index contributed by atoms with van der Waals surface area (Å²) >= 11 is 1.78. The summed E-state index contributed by atoms with van der Waals surface area (Å²) in [6.45, 7) is 2.51. The molecule has 0 fully saturated rings. The Labute approximate surface area is 192 Å². The lowest BCUT2D eigenvalue weighted by Gasteiger charge is -2.08. The predicted octanol–water partition coefficient (Wildman–Crippen LogP) is 3.11. The van der Waals surface area contributed by atoms with Crippen LogP contribution < -0.4 is 11.1 Å². The van der Waals surface area contributed by atoms with Gasteiger partial charge < -0.3 is 11.1 Å². The van der Waals surface area contributed by atoms with Gasteiger partial charge in [0.2, 0.25) is 5.91 Å². The van der Waals surface area contributed by atoms with E-state index >= 15 is 0 Å². The van der Waals surface area contributed by atoms with Gasteiger partial charge in [0.1, 0.15) is 12.4 Å². The maximum atomic E-state index is 12.4. The standard InChI is InChI=1S/C20H24N6OS.2ClH/c1-13(21)20-24-19(14-6-3-2-4-7-14)25-26(20)12-17(27)22-11-10-18-23-15-8-5-9-16(15)28-18;;/h2-4,6-7,13H,5,8-12,21H2,1H3,(H,22,27);2*1H/t13-;;/m0../s1. The minimum Gasteiger partial charge on any atom is -0.354 e. The van der Waals surface area contributed by atoms with Crippen molar-refractivity contribution < 1.29 is 4.79 Å². The lowest BCUT2D eigenvalue weighted by Crippen LogP contribution is -2.31. The third kappa shape index (κ3) is 5.57. The predicted molar refractivity (Wildman–Crippen MR) is 123 cm³/mol. The zero-order valence-electron chi connectivity index (χ0n) is 16.7. The maximum Gasteiger partial charge on any atom is 0.241 e. The van der Waals surface area contributed by atoms with E-state index in [2.05, 4.69) is 20.4 Å². The molecule has 0 bridgehead atoms. The van der Waals surface area contributed by atoms with Gasteiger partial charge in [0.25, 0.3) is 0 Å². The van der Waals surface area contributed by atoms with E-state index in [4.69, 9.17) is 5.73 Å². The van der Waals surface area contributed by atoms with E-state index in [9.17, 15) is 4.79 Å². The van der Waals surface area contributed by atoms with Crippen molar-refractivity contribution in [1.29, 1.82) is 0 Å². The number of carbonyl (C=O) groups excluding carboxylic acids is 1. The second-order valence-electron chi connectivity index (χ2n) is 7.04. The molecule has 3 aromatic rings. The topological polar surface area (TPSA) is 98.7 Å². The van der Waals surface area contributed by atoms with E-state index in [0.717, 1.165) is 29.8 Å². The van der Waals surface area contributed by atoms with Gasteiger partial charge in [-0.1, -0.05) is 30.3 Å². The highest BCUT2D eigenvalue weighted by molar-refractivity contribution is 7.11. The van der Waals surface area contributed by atoms with Gasteiger partial charge in [-0.05, 0) is 26.2 Å². The van der Waals surface area contributed by atoms with Crippen LogP contribution in [0.4, 0.5) is 0 Å². The van der Waals surface area contributed by atoms with Crippen molar-refractivity contribution in [3.05, 3.63) is 51.7 Å². The second-order valence-corrected chi connectivity index (χ2v) is 8.21. The van der Waals surface area contributed by atoms with Crippen molar-refractivity contribution in [2.24, 2.45) is 5.73 Å². The Morgan fingerprint density at radius 2 is 2.00 bits per heavy atom. The third-order valence-corrected chi connectivity index (χ3v) is 5.95. The number of carbonyl (C=O) groups is 1. The fraction of sp³-hybridized carbons (Fsp3) is 0.400. The van der Waals surface area contributed by atoms with Crippen molar-refractivity contribution in [1.82, 2.24) is 25.1 Å². The molecule has 1 aliphatic rings. The van der Waals surface area contributed by atoms with Crippen LogP contribution in [-0.4, -0.2) is 32.2 Å². The van der Waals surface area contributed by atoms with Crippen LogP contribution in [0.1, 0.15) is 40.8 Å². The third-order valence-electron chi connectivity index (χ3n) is 4.73. The van der Waals surface area contributed by atoms with Gasteiger partial charge in [-0.2, -0.15) is 5.10 Å². The number of nitrogens with two attached hydrogens (primary N) is 1. The number of amides is 1. The number of halogens is 2. The van der Waals surface area contributed by atoms with Crippen LogP contribution in [-0.2, 0) is 30.6 Å². The van der Waals surface area contributed by atoms with Crippen LogP contribution in [0.15, 0.2) is 30.3 Å². The molecule has 1 aromatic carbocycles. The number of nitrogens with zero attached hydrogens (tertiary/aromatic N) is 4. The smallest absolute Gasteiger partial charge is 0.241 e. The average Bonchev–Trinajstić information content (AvgIpc) is 3.37. The normalized spacial score (nSPS) is 13.1. The van der Waals surface area contributed by atoms with Crippen molar-refractivity contribution in [2.45, 2.75) is 45.2 Å². The number of rotatable bonds is 7. The summed E-state index contributed by atoms with van der Waals surface area (Å²) in [6, 6.07) is 9.38. The minimum atomic E-state index is -0.310. The van der Waals surface area contributed by atoms with Crippen molar-refractivity contribution in [2.75, 3.05) is 6.54 Å². The molecular weight excluding hydrogens is 443 g/mol. The number of fused-ring (bicyclic) bond motifs is 1. The molecule has 3 N–H and O–H groups in total. The number of benzene rings is 1. The van der Waals surface area contributed by atoms with E-state index in [0.29, 0.717) is 18.2 Å². The van der Waals surface area contributed by atoms with Crippen LogP contribution in [0.5, 0.6) is 0 Å². The summed E-state index contributed by atoms with van der Waals surface area (Å²) in [4.78, 5) is 23.0. The first-order valence-electron chi connectivity index (χ1n) is 9.60. The molecule has 0 radical (unpaired) electrons. The van der Waals surface area contributed by atoms with Gasteiger partial charge in [-0.15, -0.1) is 36.2 Å². The van der Waals surface area contributed by atoms with Gasteiger partial charge in [-0.3, -0.25) is 4.79 Å². The Kier molecular flexibility index (Phi) is 8.78. The van der Waals surface area contributed by atoms with Crippen molar-refractivity contribution in [3.63, 3.8) is 0 Å². The van der Waals surface area contributed by atoms with Crippen LogP contribution in [0.25, 0.3) is 11.4 Å². The van der Waals surface area contributed by atoms with Crippen molar-refractivity contribution >= 4 is 42.1 Å². The zero-order chi connectivity index (χ0) is 19.5. The van der Waals surface area contributed by atoms with Crippen LogP contribution >= 0.6 is 36.2 Å². The number of thiazole rings is 1. The Morgan fingerprint density at radius 3 is 2.70 bits per heavy atom. The molecule has 2 aromatic heterocycles. The van der Waals surface area contributed by atoms with Gasteiger partial charge >= 0.3 is 0 Å². The molecular formula is C20H26Cl2N6OS. The molecule has 4 rings (SSSR count). The number of hydrogen-bond donors (Lipinski definition) is 2. The fourth-order valence-corrected chi connectivity index (χ4v) is 4.52. The zero-order valence-corrected chi connectivity index (χ0v) is 19.2. The van der Waals surface area contributed by atoms with E-state index in [1.54, 1.807) is 16.0 Å². The molecule has 30 heavy (non-hydrogen) atoms. The SMILES string of the molecule is C[C@H](N)c1nc(-c2ccccc2)nn1CC(=O)NCCc1nc2c(s1)CCC2.Cl.Cl. The molecule has 7 nitrogen and oxygen atoms in total. The first kappa shape index (κ1) is 24.3. The highest BCUT2D eigenvalue weighted by Crippen LogP contribution is 2.27. The molecule has 162 valence electrons. The fourth-order valence-electron chi connectivity index (χ4n) is 3.37. The monoisotopic (exact) mass is 468 g/mol. The van der Waals surface area contributed by atoms with E-state index in [1.165, 1.54) is 17.0 Å².